The maximum atomic E-state index is 12.2. The Labute approximate surface area is 158 Å². The molecule has 0 spiro atoms. The minimum absolute atomic E-state index is 0.243. The van der Waals surface area contributed by atoms with Crippen LogP contribution in [0.3, 0.4) is 0 Å². The summed E-state index contributed by atoms with van der Waals surface area (Å²) in [4.78, 5) is 47.6. The maximum Gasteiger partial charge on any atom is 0.327 e. The van der Waals surface area contributed by atoms with Crippen LogP contribution in [-0.2, 0) is 14.4 Å². The number of carboxylic acids is 1. The Balaban J connectivity index is 2.72. The zero-order valence-corrected chi connectivity index (χ0v) is 15.4. The van der Waals surface area contributed by atoms with Gasteiger partial charge >= 0.3 is 5.97 Å². The first-order valence-corrected chi connectivity index (χ1v) is 9.01. The second-order valence-electron chi connectivity index (χ2n) is 6.28. The van der Waals surface area contributed by atoms with Gasteiger partial charge in [-0.3, -0.25) is 14.4 Å². The van der Waals surface area contributed by atoms with Crippen LogP contribution >= 0.6 is 0 Å². The van der Waals surface area contributed by atoms with Gasteiger partial charge in [0.05, 0.1) is 5.92 Å². The third-order valence-corrected chi connectivity index (χ3v) is 4.11. The Bertz CT molecular complexity index is 648. The molecule has 0 saturated carbocycles. The highest BCUT2D eigenvalue weighted by Gasteiger charge is 2.35. The van der Waals surface area contributed by atoms with Gasteiger partial charge in [-0.25, -0.2) is 4.79 Å². The predicted molar refractivity (Wildman–Crippen MR) is 99.8 cm³/mol. The van der Waals surface area contributed by atoms with Gasteiger partial charge in [-0.05, 0) is 18.6 Å². The molecule has 3 amide bonds. The molecule has 0 saturated heterocycles. The summed E-state index contributed by atoms with van der Waals surface area (Å²) >= 11 is 0. The van der Waals surface area contributed by atoms with Crippen LogP contribution in [0.25, 0.3) is 0 Å². The van der Waals surface area contributed by atoms with E-state index >= 15 is 0 Å². The Hall–Kier alpha value is -2.90. The normalized spacial score (nSPS) is 12.6. The van der Waals surface area contributed by atoms with Gasteiger partial charge < -0.3 is 21.5 Å². The molecular weight excluding hydrogens is 350 g/mol. The van der Waals surface area contributed by atoms with E-state index in [2.05, 4.69) is 17.6 Å². The summed E-state index contributed by atoms with van der Waals surface area (Å²) in [6, 6.07) is 6.39. The summed E-state index contributed by atoms with van der Waals surface area (Å²) in [6.45, 7) is 2.52. The molecule has 0 aliphatic heterocycles. The van der Waals surface area contributed by atoms with Crippen molar-refractivity contribution in [3.63, 3.8) is 0 Å². The third-order valence-electron chi connectivity index (χ3n) is 4.11. The van der Waals surface area contributed by atoms with Crippen molar-refractivity contribution in [2.24, 2.45) is 11.7 Å². The van der Waals surface area contributed by atoms with Crippen molar-refractivity contribution in [2.45, 2.75) is 45.1 Å². The van der Waals surface area contributed by atoms with Gasteiger partial charge in [0.1, 0.15) is 6.04 Å². The fraction of sp³-hybridized carbons (Fsp3) is 0.474. The number of benzene rings is 1. The molecule has 0 heterocycles. The number of nitrogens with one attached hydrogen (secondary N) is 2. The number of amides is 3. The number of primary amides is 1. The number of hydrogen-bond acceptors (Lipinski definition) is 4. The molecule has 0 fully saturated rings. The molecule has 0 aromatic heterocycles. The fourth-order valence-electron chi connectivity index (χ4n) is 2.58. The number of nitrogens with two attached hydrogens (primary N) is 1. The predicted octanol–water partition coefficient (Wildman–Crippen LogP) is 1.06. The summed E-state index contributed by atoms with van der Waals surface area (Å²) in [7, 11) is 0. The van der Waals surface area contributed by atoms with Crippen molar-refractivity contribution in [2.75, 3.05) is 6.54 Å². The standard InChI is InChI=1S/C19H27N3O5/c1-2-3-4-8-11-21-15(23)12-14(17(20)24)16(19(26)27)22-18(25)13-9-6-5-7-10-13/h5-7,9-10,14,16H,2-4,8,11-12H2,1H3,(H2,20,24)(H,21,23)(H,22,25)(H,26,27). The molecule has 2 unspecified atom stereocenters. The Morgan fingerprint density at radius 2 is 1.74 bits per heavy atom. The highest BCUT2D eigenvalue weighted by atomic mass is 16.4. The quantitative estimate of drug-likeness (QED) is 0.403. The molecule has 27 heavy (non-hydrogen) atoms. The minimum atomic E-state index is -1.60. The van der Waals surface area contributed by atoms with Crippen molar-refractivity contribution >= 4 is 23.7 Å². The molecule has 148 valence electrons. The monoisotopic (exact) mass is 377 g/mol. The van der Waals surface area contributed by atoms with Crippen molar-refractivity contribution in [3.8, 4) is 0 Å². The van der Waals surface area contributed by atoms with Crippen LogP contribution in [-0.4, -0.2) is 41.4 Å². The number of aliphatic carboxylic acids is 1. The van der Waals surface area contributed by atoms with Gasteiger partial charge in [0.25, 0.3) is 5.91 Å². The number of carbonyl (C=O) groups is 4. The van der Waals surface area contributed by atoms with E-state index in [-0.39, 0.29) is 5.56 Å². The second-order valence-corrected chi connectivity index (χ2v) is 6.28. The highest BCUT2D eigenvalue weighted by molar-refractivity contribution is 5.98. The smallest absolute Gasteiger partial charge is 0.327 e. The van der Waals surface area contributed by atoms with E-state index in [4.69, 9.17) is 5.73 Å². The van der Waals surface area contributed by atoms with Crippen molar-refractivity contribution in [3.05, 3.63) is 35.9 Å². The van der Waals surface area contributed by atoms with Crippen LogP contribution in [0, 0.1) is 5.92 Å². The fourth-order valence-corrected chi connectivity index (χ4v) is 2.58. The second kappa shape index (κ2) is 11.7. The molecule has 0 bridgehead atoms. The van der Waals surface area contributed by atoms with Crippen LogP contribution < -0.4 is 16.4 Å². The minimum Gasteiger partial charge on any atom is -0.480 e. The van der Waals surface area contributed by atoms with E-state index in [9.17, 15) is 24.3 Å². The molecule has 1 rings (SSSR count). The summed E-state index contributed by atoms with van der Waals surface area (Å²) in [5.41, 5.74) is 5.54. The van der Waals surface area contributed by atoms with Crippen molar-refractivity contribution < 1.29 is 24.3 Å². The van der Waals surface area contributed by atoms with Crippen LogP contribution in [0.1, 0.15) is 49.4 Å². The Kier molecular flexibility index (Phi) is 9.57. The molecule has 0 aliphatic carbocycles. The van der Waals surface area contributed by atoms with Crippen LogP contribution in [0.2, 0.25) is 0 Å². The number of carbonyl (C=O) groups excluding carboxylic acids is 3. The van der Waals surface area contributed by atoms with Gasteiger partial charge in [0, 0.05) is 18.5 Å². The molecule has 1 aromatic rings. The summed E-state index contributed by atoms with van der Waals surface area (Å²) in [5.74, 6) is -4.88. The van der Waals surface area contributed by atoms with Crippen LogP contribution in [0.5, 0.6) is 0 Å². The molecule has 0 aliphatic rings. The van der Waals surface area contributed by atoms with E-state index in [0.717, 1.165) is 25.7 Å². The average Bonchev–Trinajstić information content (AvgIpc) is 2.64. The zero-order valence-electron chi connectivity index (χ0n) is 15.4. The highest BCUT2D eigenvalue weighted by Crippen LogP contribution is 2.11. The maximum absolute atomic E-state index is 12.2. The average molecular weight is 377 g/mol. The first kappa shape index (κ1) is 22.1. The van der Waals surface area contributed by atoms with E-state index in [1.54, 1.807) is 18.2 Å². The van der Waals surface area contributed by atoms with E-state index in [0.29, 0.717) is 6.54 Å². The largest absolute Gasteiger partial charge is 0.480 e. The van der Waals surface area contributed by atoms with Crippen molar-refractivity contribution in [1.29, 1.82) is 0 Å². The zero-order chi connectivity index (χ0) is 20.2. The SMILES string of the molecule is CCCCCCNC(=O)CC(C(N)=O)C(NC(=O)c1ccccc1)C(=O)O. The summed E-state index contributed by atoms with van der Waals surface area (Å²) < 4.78 is 0. The lowest BCUT2D eigenvalue weighted by molar-refractivity contribution is -0.144. The lowest BCUT2D eigenvalue weighted by Crippen LogP contribution is -2.51. The van der Waals surface area contributed by atoms with Gasteiger partial charge in [0.2, 0.25) is 11.8 Å². The van der Waals surface area contributed by atoms with Crippen molar-refractivity contribution in [1.82, 2.24) is 10.6 Å². The van der Waals surface area contributed by atoms with Gasteiger partial charge in [-0.1, -0.05) is 44.4 Å². The third kappa shape index (κ3) is 7.89. The number of rotatable bonds is 12. The van der Waals surface area contributed by atoms with E-state index in [1.807, 2.05) is 0 Å². The molecule has 8 nitrogen and oxygen atoms in total. The lowest BCUT2D eigenvalue weighted by atomic mass is 9.94. The molecule has 1 aromatic carbocycles. The number of unbranched alkanes of at least 4 members (excludes halogenated alkanes) is 3. The topological polar surface area (TPSA) is 139 Å². The lowest BCUT2D eigenvalue weighted by Gasteiger charge is -2.22. The van der Waals surface area contributed by atoms with Crippen LogP contribution in [0.4, 0.5) is 0 Å². The molecular formula is C19H27N3O5. The van der Waals surface area contributed by atoms with Gasteiger partial charge in [-0.2, -0.15) is 0 Å². The number of hydrogen-bond donors (Lipinski definition) is 4. The summed E-state index contributed by atoms with van der Waals surface area (Å²) in [5, 5.41) is 14.4. The Morgan fingerprint density at radius 1 is 1.07 bits per heavy atom. The van der Waals surface area contributed by atoms with E-state index < -0.39 is 42.1 Å². The first-order valence-electron chi connectivity index (χ1n) is 9.01. The molecule has 0 radical (unpaired) electrons. The first-order chi connectivity index (χ1) is 12.9. The molecule has 8 heteroatoms. The molecule has 2 atom stereocenters. The van der Waals surface area contributed by atoms with Gasteiger partial charge in [-0.15, -0.1) is 0 Å². The Morgan fingerprint density at radius 3 is 2.30 bits per heavy atom. The summed E-state index contributed by atoms with van der Waals surface area (Å²) in [6.07, 6.45) is 3.50. The van der Waals surface area contributed by atoms with Crippen LogP contribution in [0.15, 0.2) is 30.3 Å². The van der Waals surface area contributed by atoms with Gasteiger partial charge in [0.15, 0.2) is 0 Å². The molecule has 5 N–H and O–H groups in total. The van der Waals surface area contributed by atoms with E-state index in [1.165, 1.54) is 12.1 Å². The number of carboxylic acid groups (broad SMARTS) is 1.